The molecule has 0 aliphatic carbocycles. The van der Waals surface area contributed by atoms with E-state index in [0.29, 0.717) is 23.9 Å². The van der Waals surface area contributed by atoms with Crippen LogP contribution in [0.25, 0.3) is 17.0 Å². The Labute approximate surface area is 218 Å². The van der Waals surface area contributed by atoms with Crippen molar-refractivity contribution in [3.05, 3.63) is 77.8 Å². The molecule has 0 atom stereocenters. The Morgan fingerprint density at radius 3 is 2.84 bits per heavy atom. The summed E-state index contributed by atoms with van der Waals surface area (Å²) in [5.74, 6) is -1.67. The maximum absolute atomic E-state index is 13.8. The summed E-state index contributed by atoms with van der Waals surface area (Å²) in [7, 11) is 0. The van der Waals surface area contributed by atoms with Crippen molar-refractivity contribution in [1.29, 1.82) is 0 Å². The Hall–Kier alpha value is -4.22. The molecule has 0 radical (unpaired) electrons. The summed E-state index contributed by atoms with van der Waals surface area (Å²) in [4.78, 5) is 23.2. The number of anilines is 3. The quantitative estimate of drug-likeness (QED) is 0.220. The molecule has 0 unspecified atom stereocenters. The van der Waals surface area contributed by atoms with Gasteiger partial charge in [-0.25, -0.2) is 18.7 Å². The van der Waals surface area contributed by atoms with Gasteiger partial charge in [-0.2, -0.15) is 5.10 Å². The van der Waals surface area contributed by atoms with Gasteiger partial charge in [0.2, 0.25) is 5.91 Å². The number of halogens is 2. The molecule has 0 spiro atoms. The molecular formula is C27H29F2N7O2. The molecule has 0 saturated heterocycles. The highest BCUT2D eigenvalue weighted by molar-refractivity contribution is 5.93. The van der Waals surface area contributed by atoms with Crippen molar-refractivity contribution < 1.29 is 18.7 Å². The maximum atomic E-state index is 13.8. The number of nitrogens with one attached hydrogen (secondary N) is 3. The van der Waals surface area contributed by atoms with Gasteiger partial charge >= 0.3 is 0 Å². The number of hydrogen-bond donors (Lipinski definition) is 4. The lowest BCUT2D eigenvalue weighted by Gasteiger charge is -2.17. The molecule has 198 valence electrons. The molecule has 2 aromatic carbocycles. The predicted octanol–water partition coefficient (Wildman–Crippen LogP) is 4.27. The van der Waals surface area contributed by atoms with Crippen LogP contribution in [0.5, 0.6) is 0 Å². The summed E-state index contributed by atoms with van der Waals surface area (Å²) in [5.41, 5.74) is 2.02. The fraction of sp³-hybridized carbons (Fsp3) is 0.259. The van der Waals surface area contributed by atoms with Crippen molar-refractivity contribution in [2.75, 3.05) is 36.9 Å². The molecule has 2 aromatic heterocycles. The summed E-state index contributed by atoms with van der Waals surface area (Å²) in [6.45, 7) is 4.69. The summed E-state index contributed by atoms with van der Waals surface area (Å²) in [6, 6.07) is 11.1. The van der Waals surface area contributed by atoms with E-state index in [9.17, 15) is 13.6 Å². The lowest BCUT2D eigenvalue weighted by molar-refractivity contribution is -0.115. The average Bonchev–Trinajstić information content (AvgIpc) is 3.35. The van der Waals surface area contributed by atoms with Crippen LogP contribution >= 0.6 is 0 Å². The van der Waals surface area contributed by atoms with E-state index in [0.717, 1.165) is 42.0 Å². The van der Waals surface area contributed by atoms with Crippen LogP contribution in [0.3, 0.4) is 0 Å². The zero-order valence-corrected chi connectivity index (χ0v) is 20.9. The van der Waals surface area contributed by atoms with Gasteiger partial charge in [-0.15, -0.1) is 0 Å². The van der Waals surface area contributed by atoms with Crippen LogP contribution in [0.1, 0.15) is 24.6 Å². The minimum atomic E-state index is -1.11. The van der Waals surface area contributed by atoms with Crippen molar-refractivity contribution in [1.82, 2.24) is 25.1 Å². The number of benzene rings is 2. The molecule has 0 bridgehead atoms. The number of carbonyl (C=O) groups excluding carboxylic acids is 1. The highest BCUT2D eigenvalue weighted by atomic mass is 19.2. The van der Waals surface area contributed by atoms with E-state index in [1.165, 1.54) is 18.5 Å². The summed E-state index contributed by atoms with van der Waals surface area (Å²) < 4.78 is 27.2. The Morgan fingerprint density at radius 1 is 1.16 bits per heavy atom. The van der Waals surface area contributed by atoms with Crippen LogP contribution in [0, 0.1) is 11.6 Å². The first kappa shape index (κ1) is 26.8. The SMILES string of the molecule is CCN(CCO)CC/C=C/c1ccc2c(Nc3cc(CC(=O)Nc4cccc(F)c4F)[nH]n3)ncnc2c1. The van der Waals surface area contributed by atoms with E-state index in [-0.39, 0.29) is 18.7 Å². The van der Waals surface area contributed by atoms with E-state index >= 15 is 0 Å². The lowest BCUT2D eigenvalue weighted by atomic mass is 10.1. The minimum Gasteiger partial charge on any atom is -0.395 e. The summed E-state index contributed by atoms with van der Waals surface area (Å²) >= 11 is 0. The molecule has 2 heterocycles. The summed E-state index contributed by atoms with van der Waals surface area (Å²) in [5, 5.41) is 22.3. The second-order valence-electron chi connectivity index (χ2n) is 8.58. The van der Waals surface area contributed by atoms with Crippen LogP contribution in [0.4, 0.5) is 26.1 Å². The van der Waals surface area contributed by atoms with Gasteiger partial charge in [-0.3, -0.25) is 9.89 Å². The Bertz CT molecular complexity index is 1420. The van der Waals surface area contributed by atoms with Crippen molar-refractivity contribution in [3.63, 3.8) is 0 Å². The molecule has 38 heavy (non-hydrogen) atoms. The van der Waals surface area contributed by atoms with Gasteiger partial charge in [0.05, 0.1) is 24.2 Å². The van der Waals surface area contributed by atoms with Gasteiger partial charge in [0.1, 0.15) is 12.1 Å². The van der Waals surface area contributed by atoms with E-state index in [1.54, 1.807) is 6.07 Å². The highest BCUT2D eigenvalue weighted by Crippen LogP contribution is 2.24. The topological polar surface area (TPSA) is 119 Å². The number of H-pyrrole nitrogens is 1. The van der Waals surface area contributed by atoms with E-state index < -0.39 is 17.5 Å². The average molecular weight is 522 g/mol. The third-order valence-corrected chi connectivity index (χ3v) is 5.90. The third kappa shape index (κ3) is 6.96. The molecule has 4 aromatic rings. The number of hydrogen-bond acceptors (Lipinski definition) is 7. The largest absolute Gasteiger partial charge is 0.395 e. The van der Waals surface area contributed by atoms with Crippen LogP contribution in [-0.4, -0.2) is 62.3 Å². The molecular weight excluding hydrogens is 492 g/mol. The second kappa shape index (κ2) is 12.8. The van der Waals surface area contributed by atoms with Crippen molar-refractivity contribution in [2.24, 2.45) is 0 Å². The number of likely N-dealkylation sites (N-methyl/N-ethyl adjacent to an activating group) is 1. The van der Waals surface area contributed by atoms with Gasteiger partial charge in [0.25, 0.3) is 0 Å². The number of rotatable bonds is 12. The van der Waals surface area contributed by atoms with Gasteiger partial charge in [-0.1, -0.05) is 31.2 Å². The molecule has 11 heteroatoms. The molecule has 0 aliphatic heterocycles. The normalized spacial score (nSPS) is 11.5. The van der Waals surface area contributed by atoms with Crippen LogP contribution in [-0.2, 0) is 11.2 Å². The van der Waals surface area contributed by atoms with Gasteiger partial charge in [-0.05, 0) is 42.8 Å². The number of aliphatic hydroxyl groups is 1. The number of fused-ring (bicyclic) bond motifs is 1. The smallest absolute Gasteiger partial charge is 0.230 e. The van der Waals surface area contributed by atoms with Gasteiger partial charge in [0, 0.05) is 30.2 Å². The van der Waals surface area contributed by atoms with Crippen molar-refractivity contribution in [3.8, 4) is 0 Å². The Kier molecular flexibility index (Phi) is 9.07. The number of carbonyl (C=O) groups is 1. The van der Waals surface area contributed by atoms with Gasteiger partial charge < -0.3 is 20.6 Å². The molecule has 0 saturated carbocycles. The first-order valence-corrected chi connectivity index (χ1v) is 12.3. The second-order valence-corrected chi connectivity index (χ2v) is 8.58. The van der Waals surface area contributed by atoms with Crippen LogP contribution < -0.4 is 10.6 Å². The van der Waals surface area contributed by atoms with Gasteiger partial charge in [0.15, 0.2) is 17.5 Å². The number of aromatic nitrogens is 4. The Balaban J connectivity index is 1.38. The third-order valence-electron chi connectivity index (χ3n) is 5.90. The Morgan fingerprint density at radius 2 is 2.03 bits per heavy atom. The number of amides is 1. The number of aromatic amines is 1. The first-order valence-electron chi connectivity index (χ1n) is 12.3. The number of nitrogens with zero attached hydrogens (tertiary/aromatic N) is 4. The van der Waals surface area contributed by atoms with Crippen molar-refractivity contribution >= 4 is 40.2 Å². The summed E-state index contributed by atoms with van der Waals surface area (Å²) in [6.07, 6.45) is 6.37. The van der Waals surface area contributed by atoms with Crippen LogP contribution in [0.2, 0.25) is 0 Å². The fourth-order valence-electron chi connectivity index (χ4n) is 3.93. The fourth-order valence-corrected chi connectivity index (χ4v) is 3.93. The van der Waals surface area contributed by atoms with Crippen molar-refractivity contribution in [2.45, 2.75) is 19.8 Å². The lowest BCUT2D eigenvalue weighted by Crippen LogP contribution is -2.27. The highest BCUT2D eigenvalue weighted by Gasteiger charge is 2.13. The molecule has 4 N–H and O–H groups in total. The predicted molar refractivity (Wildman–Crippen MR) is 143 cm³/mol. The standard InChI is InChI=1S/C27H29F2N7O2/c1-2-36(12-13-37)11-4-3-6-18-9-10-20-23(14-18)30-17-31-27(20)33-24-15-19(34-35-24)16-25(38)32-22-8-5-7-21(28)26(22)29/h3,5-10,14-15,17,37H,2,4,11-13,16H2,1H3,(H,32,38)(H2,30,31,33,34,35)/b6-3+. The van der Waals surface area contributed by atoms with E-state index in [2.05, 4.69) is 48.7 Å². The minimum absolute atomic E-state index is 0.110. The maximum Gasteiger partial charge on any atom is 0.230 e. The molecule has 9 nitrogen and oxygen atoms in total. The monoisotopic (exact) mass is 521 g/mol. The van der Waals surface area contributed by atoms with E-state index in [4.69, 9.17) is 5.11 Å². The zero-order valence-electron chi connectivity index (χ0n) is 20.9. The molecule has 0 fully saturated rings. The van der Waals surface area contributed by atoms with E-state index in [1.807, 2.05) is 24.3 Å². The zero-order chi connectivity index (χ0) is 26.9. The molecule has 1 amide bonds. The molecule has 0 aliphatic rings. The molecule has 4 rings (SSSR count). The van der Waals surface area contributed by atoms with Crippen LogP contribution in [0.15, 0.2) is 54.9 Å². The number of aliphatic hydroxyl groups excluding tert-OH is 1. The first-order chi connectivity index (χ1) is 18.5.